The Morgan fingerprint density at radius 2 is 1.55 bits per heavy atom. The number of hydrogen-bond donors (Lipinski definition) is 0. The summed E-state index contributed by atoms with van der Waals surface area (Å²) in [5.41, 5.74) is 1.13. The number of methoxy groups -OCH3 is 5. The number of nitrogens with zero attached hydrogens (tertiary/aromatic N) is 2. The van der Waals surface area contributed by atoms with Crippen LogP contribution in [0.1, 0.15) is 20.7 Å². The molecule has 0 atom stereocenters. The van der Waals surface area contributed by atoms with Crippen molar-refractivity contribution in [1.82, 2.24) is 4.57 Å². The van der Waals surface area contributed by atoms with Crippen molar-refractivity contribution < 1.29 is 38.1 Å². The van der Waals surface area contributed by atoms with Gasteiger partial charge < -0.3 is 28.3 Å². The van der Waals surface area contributed by atoms with E-state index in [1.54, 1.807) is 22.8 Å². The molecule has 0 fully saturated rings. The highest BCUT2D eigenvalue weighted by atomic mass is 32.1. The van der Waals surface area contributed by atoms with Crippen LogP contribution in [0.5, 0.6) is 17.2 Å². The zero-order chi connectivity index (χ0) is 24.1. The lowest BCUT2D eigenvalue weighted by molar-refractivity contribution is -0.141. The van der Waals surface area contributed by atoms with Gasteiger partial charge in [0, 0.05) is 5.56 Å². The Morgan fingerprint density at radius 3 is 2.09 bits per heavy atom. The first-order valence-corrected chi connectivity index (χ1v) is 10.4. The van der Waals surface area contributed by atoms with Gasteiger partial charge in [-0.3, -0.25) is 9.59 Å². The second kappa shape index (κ2) is 10.2. The van der Waals surface area contributed by atoms with Crippen molar-refractivity contribution >= 4 is 39.4 Å². The number of carbonyl (C=O) groups excluding carboxylic acids is 3. The number of fused-ring (bicyclic) bond motifs is 1. The van der Waals surface area contributed by atoms with Crippen molar-refractivity contribution in [2.24, 2.45) is 4.99 Å². The van der Waals surface area contributed by atoms with Gasteiger partial charge in [0.2, 0.25) is 5.75 Å². The van der Waals surface area contributed by atoms with E-state index in [9.17, 15) is 14.4 Å². The van der Waals surface area contributed by atoms with Crippen LogP contribution in [0.3, 0.4) is 0 Å². The highest BCUT2D eigenvalue weighted by molar-refractivity contribution is 7.16. The predicted octanol–water partition coefficient (Wildman–Crippen LogP) is 2.43. The molecule has 1 heterocycles. The number of ether oxygens (including phenoxy) is 5. The van der Waals surface area contributed by atoms with Crippen molar-refractivity contribution in [3.8, 4) is 17.2 Å². The molecule has 3 aromatic rings. The molecule has 10 nitrogen and oxygen atoms in total. The van der Waals surface area contributed by atoms with Crippen molar-refractivity contribution in [3.05, 3.63) is 46.3 Å². The number of hydrogen-bond acceptors (Lipinski definition) is 9. The summed E-state index contributed by atoms with van der Waals surface area (Å²) in [5.74, 6) is -0.666. The summed E-state index contributed by atoms with van der Waals surface area (Å²) < 4.78 is 27.6. The molecule has 0 bridgehead atoms. The summed E-state index contributed by atoms with van der Waals surface area (Å²) in [7, 11) is 6.90. The van der Waals surface area contributed by atoms with Crippen LogP contribution < -0.4 is 19.0 Å². The number of thiazole rings is 1. The summed E-state index contributed by atoms with van der Waals surface area (Å²) in [6.45, 7) is -0.171. The quantitative estimate of drug-likeness (QED) is 0.480. The van der Waals surface area contributed by atoms with E-state index in [0.29, 0.717) is 33.0 Å². The van der Waals surface area contributed by atoms with Crippen LogP contribution in [0.4, 0.5) is 0 Å². The average molecular weight is 474 g/mol. The maximum atomic E-state index is 13.0. The van der Waals surface area contributed by atoms with E-state index >= 15 is 0 Å². The number of esters is 2. The Labute approximate surface area is 192 Å². The first-order chi connectivity index (χ1) is 15.9. The van der Waals surface area contributed by atoms with Gasteiger partial charge in [0.1, 0.15) is 6.54 Å². The first-order valence-electron chi connectivity index (χ1n) is 9.54. The zero-order valence-corrected chi connectivity index (χ0v) is 19.5. The fourth-order valence-electron chi connectivity index (χ4n) is 3.11. The molecule has 0 aliphatic carbocycles. The van der Waals surface area contributed by atoms with Crippen LogP contribution in [0.2, 0.25) is 0 Å². The fraction of sp³-hybridized carbons (Fsp3) is 0.273. The molecular formula is C22H22N2O8S. The minimum absolute atomic E-state index is 0.171. The normalized spacial score (nSPS) is 11.2. The van der Waals surface area contributed by atoms with E-state index in [0.717, 1.165) is 11.3 Å². The molecule has 33 heavy (non-hydrogen) atoms. The van der Waals surface area contributed by atoms with Gasteiger partial charge in [-0.1, -0.05) is 11.3 Å². The fourth-order valence-corrected chi connectivity index (χ4v) is 4.17. The van der Waals surface area contributed by atoms with Gasteiger partial charge in [-0.05, 0) is 30.3 Å². The molecule has 0 unspecified atom stereocenters. The zero-order valence-electron chi connectivity index (χ0n) is 18.7. The maximum Gasteiger partial charge on any atom is 0.337 e. The first kappa shape index (κ1) is 23.8. The summed E-state index contributed by atoms with van der Waals surface area (Å²) in [4.78, 5) is 41.4. The predicted molar refractivity (Wildman–Crippen MR) is 119 cm³/mol. The Kier molecular flexibility index (Phi) is 7.34. The molecule has 174 valence electrons. The highest BCUT2D eigenvalue weighted by Gasteiger charge is 2.18. The van der Waals surface area contributed by atoms with Crippen LogP contribution >= 0.6 is 11.3 Å². The second-order valence-corrected chi connectivity index (χ2v) is 7.56. The molecule has 2 aromatic carbocycles. The molecule has 0 spiro atoms. The minimum atomic E-state index is -0.590. The summed E-state index contributed by atoms with van der Waals surface area (Å²) in [6.07, 6.45) is 0. The van der Waals surface area contributed by atoms with Gasteiger partial charge in [-0.25, -0.2) is 4.79 Å². The number of amides is 1. The molecule has 0 N–H and O–H groups in total. The molecule has 1 aromatic heterocycles. The van der Waals surface area contributed by atoms with Gasteiger partial charge in [-0.15, -0.1) is 0 Å². The van der Waals surface area contributed by atoms with Crippen molar-refractivity contribution in [3.63, 3.8) is 0 Å². The van der Waals surface area contributed by atoms with Gasteiger partial charge in [0.25, 0.3) is 5.91 Å². The average Bonchev–Trinajstić information content (AvgIpc) is 3.17. The number of rotatable bonds is 7. The van der Waals surface area contributed by atoms with Crippen LogP contribution in [0.25, 0.3) is 10.2 Å². The Bertz CT molecular complexity index is 1270. The summed E-state index contributed by atoms with van der Waals surface area (Å²) in [6, 6.07) is 7.81. The standard InChI is InChI=1S/C22H22N2O8S/c1-28-15-8-13(9-16(29-2)19(15)31-4)20(26)23-22-24(11-18(25)30-3)14-7-6-12(21(27)32-5)10-17(14)33-22/h6-10H,11H2,1-5H3. The van der Waals surface area contributed by atoms with E-state index in [1.165, 1.54) is 47.7 Å². The second-order valence-electron chi connectivity index (χ2n) is 6.55. The van der Waals surface area contributed by atoms with Crippen LogP contribution in [-0.4, -0.2) is 58.0 Å². The third kappa shape index (κ3) is 4.82. The largest absolute Gasteiger partial charge is 0.493 e. The lowest BCUT2D eigenvalue weighted by Gasteiger charge is -2.12. The molecule has 3 rings (SSSR count). The summed E-state index contributed by atoms with van der Waals surface area (Å²) in [5, 5.41) is 0. The Balaban J connectivity index is 2.17. The van der Waals surface area contributed by atoms with E-state index in [1.807, 2.05) is 0 Å². The summed E-state index contributed by atoms with van der Waals surface area (Å²) >= 11 is 1.14. The monoisotopic (exact) mass is 474 g/mol. The topological polar surface area (TPSA) is 115 Å². The van der Waals surface area contributed by atoms with Gasteiger partial charge >= 0.3 is 11.9 Å². The molecule has 0 aliphatic heterocycles. The SMILES string of the molecule is COC(=O)Cn1c(=NC(=O)c2cc(OC)c(OC)c(OC)c2)sc2cc(C(=O)OC)ccc21. The number of benzene rings is 2. The smallest absolute Gasteiger partial charge is 0.337 e. The third-order valence-corrected chi connectivity index (χ3v) is 5.77. The molecule has 0 aliphatic rings. The highest BCUT2D eigenvalue weighted by Crippen LogP contribution is 2.38. The van der Waals surface area contributed by atoms with Gasteiger partial charge in [0.15, 0.2) is 16.3 Å². The lowest BCUT2D eigenvalue weighted by Crippen LogP contribution is -2.22. The van der Waals surface area contributed by atoms with Gasteiger partial charge in [-0.2, -0.15) is 4.99 Å². The van der Waals surface area contributed by atoms with Crippen molar-refractivity contribution in [1.29, 1.82) is 0 Å². The van der Waals surface area contributed by atoms with E-state index < -0.39 is 17.8 Å². The Morgan fingerprint density at radius 1 is 0.879 bits per heavy atom. The van der Waals surface area contributed by atoms with Crippen LogP contribution in [0.15, 0.2) is 35.3 Å². The van der Waals surface area contributed by atoms with E-state index in [2.05, 4.69) is 4.99 Å². The molecular weight excluding hydrogens is 452 g/mol. The van der Waals surface area contributed by atoms with Crippen LogP contribution in [0, 0.1) is 0 Å². The van der Waals surface area contributed by atoms with Crippen molar-refractivity contribution in [2.75, 3.05) is 35.5 Å². The van der Waals surface area contributed by atoms with E-state index in [-0.39, 0.29) is 16.9 Å². The third-order valence-electron chi connectivity index (χ3n) is 4.73. The van der Waals surface area contributed by atoms with E-state index in [4.69, 9.17) is 23.7 Å². The molecule has 1 amide bonds. The minimum Gasteiger partial charge on any atom is -0.493 e. The van der Waals surface area contributed by atoms with Crippen molar-refractivity contribution in [2.45, 2.75) is 6.54 Å². The van der Waals surface area contributed by atoms with Gasteiger partial charge in [0.05, 0.1) is 51.3 Å². The Hall–Kier alpha value is -3.86. The maximum absolute atomic E-state index is 13.0. The molecule has 11 heteroatoms. The molecule has 0 saturated heterocycles. The number of aromatic nitrogens is 1. The molecule has 0 radical (unpaired) electrons. The lowest BCUT2D eigenvalue weighted by atomic mass is 10.1. The molecule has 0 saturated carbocycles. The van der Waals surface area contributed by atoms with Crippen LogP contribution in [-0.2, 0) is 20.8 Å². The number of carbonyl (C=O) groups is 3.